The summed E-state index contributed by atoms with van der Waals surface area (Å²) in [5.41, 5.74) is 7.24. The van der Waals surface area contributed by atoms with E-state index in [4.69, 9.17) is 24.7 Å². The van der Waals surface area contributed by atoms with Gasteiger partial charge in [0.15, 0.2) is 5.79 Å². The predicted molar refractivity (Wildman–Crippen MR) is 158 cm³/mol. The van der Waals surface area contributed by atoms with E-state index in [1.54, 1.807) is 0 Å². The molecule has 1 saturated heterocycles. The number of rotatable bonds is 20. The van der Waals surface area contributed by atoms with Crippen LogP contribution >= 0.6 is 0 Å². The maximum absolute atomic E-state index is 13.0. The van der Waals surface area contributed by atoms with Crippen molar-refractivity contribution in [1.29, 1.82) is 0 Å². The Hall–Kier alpha value is -1.47. The second kappa shape index (κ2) is 18.8. The first-order valence-corrected chi connectivity index (χ1v) is 15.6. The van der Waals surface area contributed by atoms with Crippen molar-refractivity contribution >= 4 is 5.97 Å². The van der Waals surface area contributed by atoms with Gasteiger partial charge in [-0.1, -0.05) is 115 Å². The van der Waals surface area contributed by atoms with Crippen LogP contribution in [0.15, 0.2) is 30.3 Å². The molecule has 1 fully saturated rings. The van der Waals surface area contributed by atoms with Crippen LogP contribution in [0.5, 0.6) is 0 Å². The van der Waals surface area contributed by atoms with Gasteiger partial charge in [-0.25, -0.2) is 0 Å². The summed E-state index contributed by atoms with van der Waals surface area (Å²) in [6.07, 6.45) is 14.7. The van der Waals surface area contributed by atoms with Crippen molar-refractivity contribution in [2.24, 2.45) is 17.6 Å². The molecule has 0 bridgehead atoms. The third-order valence-corrected chi connectivity index (χ3v) is 7.85. The first-order chi connectivity index (χ1) is 18.7. The molecule has 1 aliphatic rings. The third kappa shape index (κ3) is 13.6. The van der Waals surface area contributed by atoms with Gasteiger partial charge in [-0.2, -0.15) is 0 Å². The molecular formula is C33H57NO5. The topological polar surface area (TPSA) is 80.0 Å². The molecule has 0 saturated carbocycles. The largest absolute Gasteiger partial charge is 0.461 e. The van der Waals surface area contributed by atoms with Gasteiger partial charge in [0.25, 0.3) is 0 Å². The average Bonchev–Trinajstić information content (AvgIpc) is 2.92. The van der Waals surface area contributed by atoms with Crippen LogP contribution in [0.3, 0.4) is 0 Å². The third-order valence-electron chi connectivity index (χ3n) is 7.85. The molecule has 2 rings (SSSR count). The molecule has 0 aliphatic carbocycles. The lowest BCUT2D eigenvalue weighted by Gasteiger charge is -2.44. The highest BCUT2D eigenvalue weighted by Crippen LogP contribution is 2.33. The molecule has 6 heteroatoms. The van der Waals surface area contributed by atoms with Crippen LogP contribution in [0.25, 0.3) is 0 Å². The fourth-order valence-corrected chi connectivity index (χ4v) is 5.36. The Labute approximate surface area is 238 Å². The summed E-state index contributed by atoms with van der Waals surface area (Å²) < 4.78 is 24.0. The molecule has 1 heterocycles. The highest BCUT2D eigenvalue weighted by molar-refractivity contribution is 5.75. The van der Waals surface area contributed by atoms with Gasteiger partial charge in [0, 0.05) is 11.8 Å². The summed E-state index contributed by atoms with van der Waals surface area (Å²) >= 11 is 0. The lowest BCUT2D eigenvalue weighted by Crippen LogP contribution is -2.51. The molecule has 1 aromatic rings. The molecule has 5 atom stereocenters. The van der Waals surface area contributed by atoms with Crippen molar-refractivity contribution in [3.05, 3.63) is 35.9 Å². The van der Waals surface area contributed by atoms with Crippen LogP contribution < -0.4 is 5.73 Å². The maximum Gasteiger partial charge on any atom is 0.325 e. The molecule has 224 valence electrons. The van der Waals surface area contributed by atoms with Gasteiger partial charge in [-0.05, 0) is 32.3 Å². The van der Waals surface area contributed by atoms with Crippen molar-refractivity contribution in [1.82, 2.24) is 0 Å². The van der Waals surface area contributed by atoms with Crippen LogP contribution in [0.4, 0.5) is 0 Å². The summed E-state index contributed by atoms with van der Waals surface area (Å²) in [5.74, 6) is -0.790. The van der Waals surface area contributed by atoms with Crippen molar-refractivity contribution in [3.8, 4) is 0 Å². The number of unbranched alkanes of at least 4 members (excludes halogenated alkanes) is 10. The summed E-state index contributed by atoms with van der Waals surface area (Å²) in [5, 5.41) is 0. The zero-order valence-electron chi connectivity index (χ0n) is 25.5. The molecule has 0 amide bonds. The first-order valence-electron chi connectivity index (χ1n) is 15.6. The zero-order chi connectivity index (χ0) is 28.5. The van der Waals surface area contributed by atoms with Gasteiger partial charge < -0.3 is 24.7 Å². The second-order valence-electron chi connectivity index (χ2n) is 12.0. The Morgan fingerprint density at radius 3 is 2.21 bits per heavy atom. The Morgan fingerprint density at radius 1 is 1.00 bits per heavy atom. The number of benzene rings is 1. The second-order valence-corrected chi connectivity index (χ2v) is 12.0. The molecule has 0 radical (unpaired) electrons. The number of carbonyl (C=O) groups is 1. The SMILES string of the molecule is CCCCCCCCCCCCC[C@@H](OC(=O)[C@@H](N)COCc1ccccc1)[C@H](C)[C@H]1OC(C)(C)OC[C@@H]1C. The van der Waals surface area contributed by atoms with E-state index in [-0.39, 0.29) is 30.7 Å². The average molecular weight is 548 g/mol. The summed E-state index contributed by atoms with van der Waals surface area (Å²) in [6, 6.07) is 9.07. The van der Waals surface area contributed by atoms with Gasteiger partial charge in [0.05, 0.1) is 25.9 Å². The number of hydrogen-bond acceptors (Lipinski definition) is 6. The standard InChI is InChI=1S/C33H57NO5/c1-6-7-8-9-10-11-12-13-14-15-19-22-30(27(3)31-26(2)23-37-33(4,5)39-31)38-32(35)29(34)25-36-24-28-20-17-16-18-21-28/h16-18,20-21,26-27,29-31H,6-15,19,22-25,34H2,1-5H3/t26-,27-,29-,30+,31-/m0/s1. The normalized spacial score (nSPS) is 21.3. The predicted octanol–water partition coefficient (Wildman–Crippen LogP) is 7.57. The molecule has 0 spiro atoms. The number of nitrogens with two attached hydrogens (primary N) is 1. The molecule has 6 nitrogen and oxygen atoms in total. The number of esters is 1. The molecule has 1 aromatic carbocycles. The Bertz CT molecular complexity index is 771. The molecular weight excluding hydrogens is 490 g/mol. The Morgan fingerprint density at radius 2 is 1.59 bits per heavy atom. The van der Waals surface area contributed by atoms with E-state index in [9.17, 15) is 4.79 Å². The minimum Gasteiger partial charge on any atom is -0.461 e. The Kier molecular flexibility index (Phi) is 16.3. The van der Waals surface area contributed by atoms with E-state index >= 15 is 0 Å². The fourth-order valence-electron chi connectivity index (χ4n) is 5.36. The van der Waals surface area contributed by atoms with E-state index in [0.29, 0.717) is 13.2 Å². The van der Waals surface area contributed by atoms with Gasteiger partial charge in [0.1, 0.15) is 12.1 Å². The van der Waals surface area contributed by atoms with Crippen LogP contribution in [0, 0.1) is 11.8 Å². The van der Waals surface area contributed by atoms with Crippen molar-refractivity contribution in [2.75, 3.05) is 13.2 Å². The summed E-state index contributed by atoms with van der Waals surface area (Å²) in [6.45, 7) is 11.6. The van der Waals surface area contributed by atoms with Crippen molar-refractivity contribution in [3.63, 3.8) is 0 Å². The summed E-state index contributed by atoms with van der Waals surface area (Å²) in [7, 11) is 0. The molecule has 0 unspecified atom stereocenters. The minimum atomic E-state index is -0.815. The lowest BCUT2D eigenvalue weighted by molar-refractivity contribution is -0.304. The number of ether oxygens (including phenoxy) is 4. The van der Waals surface area contributed by atoms with Gasteiger partial charge >= 0.3 is 5.97 Å². The van der Waals surface area contributed by atoms with Crippen LogP contribution in [0.1, 0.15) is 117 Å². The highest BCUT2D eigenvalue weighted by atomic mass is 16.7. The zero-order valence-corrected chi connectivity index (χ0v) is 25.5. The number of hydrogen-bond donors (Lipinski definition) is 1. The van der Waals surface area contributed by atoms with Crippen LogP contribution in [0.2, 0.25) is 0 Å². The van der Waals surface area contributed by atoms with Crippen LogP contribution in [-0.4, -0.2) is 43.2 Å². The molecule has 1 aliphatic heterocycles. The van der Waals surface area contributed by atoms with E-state index in [0.717, 1.165) is 24.8 Å². The molecule has 0 aromatic heterocycles. The molecule has 39 heavy (non-hydrogen) atoms. The van der Waals surface area contributed by atoms with Gasteiger partial charge in [-0.3, -0.25) is 4.79 Å². The van der Waals surface area contributed by atoms with E-state index in [1.165, 1.54) is 57.8 Å². The minimum absolute atomic E-state index is 0.0349. The highest BCUT2D eigenvalue weighted by Gasteiger charge is 2.41. The van der Waals surface area contributed by atoms with Crippen molar-refractivity contribution < 1.29 is 23.7 Å². The maximum atomic E-state index is 13.0. The van der Waals surface area contributed by atoms with Crippen molar-refractivity contribution in [2.45, 2.75) is 142 Å². The smallest absolute Gasteiger partial charge is 0.325 e. The fraction of sp³-hybridized carbons (Fsp3) is 0.788. The molecule has 2 N–H and O–H groups in total. The monoisotopic (exact) mass is 547 g/mol. The van der Waals surface area contributed by atoms with E-state index in [2.05, 4.69) is 20.8 Å². The Balaban J connectivity index is 1.83. The number of carbonyl (C=O) groups excluding carboxylic acids is 1. The van der Waals surface area contributed by atoms with E-state index in [1.807, 2.05) is 44.2 Å². The van der Waals surface area contributed by atoms with E-state index < -0.39 is 17.8 Å². The van der Waals surface area contributed by atoms with Gasteiger partial charge in [0.2, 0.25) is 0 Å². The first kappa shape index (κ1) is 33.7. The quantitative estimate of drug-likeness (QED) is 0.134. The summed E-state index contributed by atoms with van der Waals surface area (Å²) in [4.78, 5) is 13.0. The van der Waals surface area contributed by atoms with Crippen LogP contribution in [-0.2, 0) is 30.3 Å². The lowest BCUT2D eigenvalue weighted by atomic mass is 9.86. The van der Waals surface area contributed by atoms with Gasteiger partial charge in [-0.15, -0.1) is 0 Å².